The predicted octanol–water partition coefficient (Wildman–Crippen LogP) is 3.36. The number of carbonyl (C=O) groups excluding carboxylic acids is 1. The lowest BCUT2D eigenvalue weighted by Gasteiger charge is -2.27. The van der Waals surface area contributed by atoms with Gasteiger partial charge in [-0.05, 0) is 49.4 Å². The Morgan fingerprint density at radius 3 is 2.37 bits per heavy atom. The maximum Gasteiger partial charge on any atom is 0.408 e. The Morgan fingerprint density at radius 2 is 1.74 bits per heavy atom. The number of carboxylic acids is 1. The standard InChI is InChI=1S/C21H27NO5/c1-13(12-15-10-7-9-14-8-5-6-11-16(14)15)18(23)17(19(24)25)22-20(26)27-21(2,3)4/h5-11,13,17-18,23H,12H2,1-4H3,(H,22,26)(H,24,25)/t13-,17-,18+/m1/s1. The van der Waals surface area contributed by atoms with E-state index < -0.39 is 35.7 Å². The van der Waals surface area contributed by atoms with Gasteiger partial charge in [0.25, 0.3) is 0 Å². The maximum atomic E-state index is 11.9. The molecule has 0 saturated heterocycles. The number of rotatable bonds is 6. The molecule has 0 radical (unpaired) electrons. The highest BCUT2D eigenvalue weighted by Gasteiger charge is 2.33. The average molecular weight is 373 g/mol. The van der Waals surface area contributed by atoms with Gasteiger partial charge >= 0.3 is 12.1 Å². The first-order valence-electron chi connectivity index (χ1n) is 8.95. The zero-order valence-electron chi connectivity index (χ0n) is 16.1. The second kappa shape index (κ2) is 8.39. The lowest BCUT2D eigenvalue weighted by molar-refractivity contribution is -0.143. The Hall–Kier alpha value is -2.60. The minimum absolute atomic E-state index is 0.396. The van der Waals surface area contributed by atoms with Gasteiger partial charge in [-0.25, -0.2) is 9.59 Å². The Morgan fingerprint density at radius 1 is 1.11 bits per heavy atom. The fourth-order valence-electron chi connectivity index (χ4n) is 2.99. The molecule has 0 spiro atoms. The maximum absolute atomic E-state index is 11.9. The SMILES string of the molecule is C[C@H](Cc1cccc2ccccc12)[C@H](O)[C@@H](NC(=O)OC(C)(C)C)C(=O)O. The Kier molecular flexibility index (Phi) is 6.44. The first-order valence-corrected chi connectivity index (χ1v) is 8.95. The smallest absolute Gasteiger partial charge is 0.408 e. The van der Waals surface area contributed by atoms with Crippen LogP contribution < -0.4 is 5.32 Å². The van der Waals surface area contributed by atoms with E-state index in [1.165, 1.54) is 0 Å². The quantitative estimate of drug-likeness (QED) is 0.722. The molecule has 6 nitrogen and oxygen atoms in total. The number of hydrogen-bond acceptors (Lipinski definition) is 4. The van der Waals surface area contributed by atoms with E-state index in [2.05, 4.69) is 5.32 Å². The van der Waals surface area contributed by atoms with Gasteiger partial charge in [-0.3, -0.25) is 0 Å². The van der Waals surface area contributed by atoms with Gasteiger partial charge in [0.2, 0.25) is 0 Å². The minimum atomic E-state index is -1.45. The molecule has 1 amide bonds. The number of ether oxygens (including phenoxy) is 1. The normalized spacial score (nSPS) is 15.0. The highest BCUT2D eigenvalue weighted by molar-refractivity contribution is 5.85. The van der Waals surface area contributed by atoms with Gasteiger partial charge in [-0.15, -0.1) is 0 Å². The third kappa shape index (κ3) is 5.69. The fraction of sp³-hybridized carbons (Fsp3) is 0.429. The summed E-state index contributed by atoms with van der Waals surface area (Å²) in [6.45, 7) is 6.81. The van der Waals surface area contributed by atoms with Crippen molar-refractivity contribution in [3.8, 4) is 0 Å². The molecule has 2 aromatic carbocycles. The molecule has 0 bridgehead atoms. The molecular weight excluding hydrogens is 346 g/mol. The molecule has 2 aromatic rings. The van der Waals surface area contributed by atoms with E-state index in [1.807, 2.05) is 42.5 Å². The Bertz CT molecular complexity index is 806. The van der Waals surface area contributed by atoms with Crippen molar-refractivity contribution in [1.82, 2.24) is 5.32 Å². The van der Waals surface area contributed by atoms with E-state index in [1.54, 1.807) is 27.7 Å². The molecule has 0 aliphatic rings. The zero-order valence-corrected chi connectivity index (χ0v) is 16.1. The van der Waals surface area contributed by atoms with Crippen molar-refractivity contribution in [2.24, 2.45) is 5.92 Å². The molecule has 2 rings (SSSR count). The summed E-state index contributed by atoms with van der Waals surface area (Å²) in [6, 6.07) is 12.3. The molecule has 0 saturated carbocycles. The van der Waals surface area contributed by atoms with E-state index in [-0.39, 0.29) is 0 Å². The topological polar surface area (TPSA) is 95.9 Å². The van der Waals surface area contributed by atoms with Crippen LogP contribution in [0.15, 0.2) is 42.5 Å². The first kappa shape index (κ1) is 20.7. The molecular formula is C21H27NO5. The summed E-state index contributed by atoms with van der Waals surface area (Å²) in [4.78, 5) is 23.5. The number of carbonyl (C=O) groups is 2. The second-order valence-corrected chi connectivity index (χ2v) is 7.77. The zero-order chi connectivity index (χ0) is 20.2. The number of benzene rings is 2. The van der Waals surface area contributed by atoms with E-state index in [4.69, 9.17) is 4.74 Å². The largest absolute Gasteiger partial charge is 0.480 e. The number of aliphatic carboxylic acids is 1. The number of hydrogen-bond donors (Lipinski definition) is 3. The van der Waals surface area contributed by atoms with Gasteiger partial charge in [-0.1, -0.05) is 49.4 Å². The molecule has 146 valence electrons. The van der Waals surface area contributed by atoms with Crippen molar-refractivity contribution in [1.29, 1.82) is 0 Å². The molecule has 0 unspecified atom stereocenters. The summed E-state index contributed by atoms with van der Waals surface area (Å²) in [5.41, 5.74) is 0.258. The minimum Gasteiger partial charge on any atom is -0.480 e. The molecule has 6 heteroatoms. The van der Waals surface area contributed by atoms with Crippen LogP contribution >= 0.6 is 0 Å². The van der Waals surface area contributed by atoms with Crippen LogP contribution in [0.4, 0.5) is 4.79 Å². The summed E-state index contributed by atoms with van der Waals surface area (Å²) in [5.74, 6) is -1.70. The summed E-state index contributed by atoms with van der Waals surface area (Å²) in [5, 5.41) is 24.4. The fourth-order valence-corrected chi connectivity index (χ4v) is 2.99. The summed E-state index contributed by atoms with van der Waals surface area (Å²) < 4.78 is 5.10. The number of aliphatic hydroxyl groups is 1. The van der Waals surface area contributed by atoms with Gasteiger partial charge in [-0.2, -0.15) is 0 Å². The molecule has 27 heavy (non-hydrogen) atoms. The molecule has 0 aliphatic carbocycles. The van der Waals surface area contributed by atoms with Gasteiger partial charge in [0.05, 0.1) is 6.10 Å². The molecule has 0 fully saturated rings. The van der Waals surface area contributed by atoms with Crippen LogP contribution in [0.25, 0.3) is 10.8 Å². The lowest BCUT2D eigenvalue weighted by Crippen LogP contribution is -2.52. The highest BCUT2D eigenvalue weighted by Crippen LogP contribution is 2.23. The van der Waals surface area contributed by atoms with E-state index in [9.17, 15) is 19.8 Å². The first-order chi connectivity index (χ1) is 12.6. The summed E-state index contributed by atoms with van der Waals surface area (Å²) in [6.07, 6.45) is -1.66. The number of aliphatic hydroxyl groups excluding tert-OH is 1. The van der Waals surface area contributed by atoms with Crippen LogP contribution in [-0.4, -0.2) is 40.0 Å². The summed E-state index contributed by atoms with van der Waals surface area (Å²) in [7, 11) is 0. The van der Waals surface area contributed by atoms with Gasteiger partial charge in [0.15, 0.2) is 6.04 Å². The van der Waals surface area contributed by atoms with Gasteiger partial charge < -0.3 is 20.3 Å². The second-order valence-electron chi connectivity index (χ2n) is 7.77. The lowest BCUT2D eigenvalue weighted by atomic mass is 9.89. The molecule has 0 heterocycles. The van der Waals surface area contributed by atoms with E-state index >= 15 is 0 Å². The molecule has 3 atom stereocenters. The van der Waals surface area contributed by atoms with Crippen LogP contribution in [0, 0.1) is 5.92 Å². The molecule has 0 aromatic heterocycles. The van der Waals surface area contributed by atoms with Crippen LogP contribution in [0.1, 0.15) is 33.3 Å². The van der Waals surface area contributed by atoms with Crippen molar-refractivity contribution in [2.75, 3.05) is 0 Å². The number of nitrogens with one attached hydrogen (secondary N) is 1. The third-order valence-corrected chi connectivity index (χ3v) is 4.28. The summed E-state index contributed by atoms with van der Waals surface area (Å²) >= 11 is 0. The van der Waals surface area contributed by atoms with Gasteiger partial charge in [0, 0.05) is 0 Å². The van der Waals surface area contributed by atoms with E-state index in [0.717, 1.165) is 16.3 Å². The van der Waals surface area contributed by atoms with Crippen molar-refractivity contribution in [3.63, 3.8) is 0 Å². The van der Waals surface area contributed by atoms with Crippen molar-refractivity contribution < 1.29 is 24.5 Å². The monoisotopic (exact) mass is 373 g/mol. The predicted molar refractivity (Wildman–Crippen MR) is 104 cm³/mol. The highest BCUT2D eigenvalue weighted by atomic mass is 16.6. The van der Waals surface area contributed by atoms with Crippen LogP contribution in [0.2, 0.25) is 0 Å². The van der Waals surface area contributed by atoms with Crippen LogP contribution in [0.5, 0.6) is 0 Å². The van der Waals surface area contributed by atoms with Crippen molar-refractivity contribution in [3.05, 3.63) is 48.0 Å². The number of amides is 1. The molecule has 3 N–H and O–H groups in total. The number of fused-ring (bicyclic) bond motifs is 1. The van der Waals surface area contributed by atoms with E-state index in [0.29, 0.717) is 6.42 Å². The molecule has 0 aliphatic heterocycles. The average Bonchev–Trinajstić information content (AvgIpc) is 2.57. The van der Waals surface area contributed by atoms with Crippen LogP contribution in [0.3, 0.4) is 0 Å². The number of carboxylic acid groups (broad SMARTS) is 1. The number of alkyl carbamates (subject to hydrolysis) is 1. The van der Waals surface area contributed by atoms with Crippen molar-refractivity contribution >= 4 is 22.8 Å². The van der Waals surface area contributed by atoms with Crippen LogP contribution in [-0.2, 0) is 16.0 Å². The van der Waals surface area contributed by atoms with Crippen molar-refractivity contribution in [2.45, 2.75) is 51.9 Å². The third-order valence-electron chi connectivity index (χ3n) is 4.28. The van der Waals surface area contributed by atoms with Gasteiger partial charge in [0.1, 0.15) is 5.60 Å². The Balaban J connectivity index is 2.13. The Labute approximate surface area is 159 Å².